The van der Waals surface area contributed by atoms with Crippen molar-refractivity contribution in [3.63, 3.8) is 0 Å². The van der Waals surface area contributed by atoms with Crippen molar-refractivity contribution >= 4 is 17.3 Å². The Morgan fingerprint density at radius 2 is 1.94 bits per heavy atom. The van der Waals surface area contributed by atoms with Crippen LogP contribution in [-0.2, 0) is 0 Å². The van der Waals surface area contributed by atoms with Gasteiger partial charge < -0.3 is 15.4 Å². The summed E-state index contributed by atoms with van der Waals surface area (Å²) in [6.07, 6.45) is 4.33. The maximum atomic E-state index is 12.7. The summed E-state index contributed by atoms with van der Waals surface area (Å²) in [7, 11) is 0. The van der Waals surface area contributed by atoms with Gasteiger partial charge >= 0.3 is 0 Å². The fraction of sp³-hybridized carbons (Fsp3) is 0.308. The number of rotatable bonds is 5. The molecule has 0 spiro atoms. The van der Waals surface area contributed by atoms with Gasteiger partial charge in [-0.25, -0.2) is 0 Å². The molecule has 3 aromatic rings. The minimum atomic E-state index is -0.184. The second-order valence-corrected chi connectivity index (χ2v) is 8.59. The highest BCUT2D eigenvalue weighted by molar-refractivity contribution is 6.04. The van der Waals surface area contributed by atoms with Gasteiger partial charge in [-0.1, -0.05) is 29.8 Å². The third-order valence-corrected chi connectivity index (χ3v) is 6.08. The van der Waals surface area contributed by atoms with Gasteiger partial charge in [0.1, 0.15) is 11.9 Å². The highest BCUT2D eigenvalue weighted by Crippen LogP contribution is 2.32. The number of amides is 1. The Labute approximate surface area is 188 Å². The normalized spacial score (nSPS) is 17.8. The molecule has 0 bridgehead atoms. The van der Waals surface area contributed by atoms with E-state index in [1.54, 1.807) is 12.3 Å². The molecule has 6 nitrogen and oxygen atoms in total. The van der Waals surface area contributed by atoms with Gasteiger partial charge in [0.05, 0.1) is 23.5 Å². The number of fused-ring (bicyclic) bond motifs is 1. The quantitative estimate of drug-likeness (QED) is 0.623. The van der Waals surface area contributed by atoms with E-state index >= 15 is 0 Å². The molecule has 1 saturated heterocycles. The van der Waals surface area contributed by atoms with E-state index in [0.29, 0.717) is 5.56 Å². The first-order valence-corrected chi connectivity index (χ1v) is 11.3. The van der Waals surface area contributed by atoms with Crippen molar-refractivity contribution < 1.29 is 9.53 Å². The molecular weight excluding hydrogens is 400 g/mol. The van der Waals surface area contributed by atoms with E-state index in [9.17, 15) is 4.79 Å². The van der Waals surface area contributed by atoms with Crippen LogP contribution >= 0.6 is 0 Å². The minimum Gasteiger partial charge on any atom is -0.485 e. The molecule has 2 aromatic carbocycles. The van der Waals surface area contributed by atoms with Crippen LogP contribution in [0.4, 0.5) is 11.4 Å². The van der Waals surface area contributed by atoms with Gasteiger partial charge in [0.25, 0.3) is 5.91 Å². The lowest BCUT2D eigenvalue weighted by molar-refractivity contribution is 0.102. The van der Waals surface area contributed by atoms with Crippen molar-refractivity contribution in [2.24, 2.45) is 0 Å². The minimum absolute atomic E-state index is 0.152. The standard InChI is InChI=1S/C26H28N4O2/c1-18-4-6-19(7-5-18)23-10-8-20(15-27-23)26(31)29-21-9-11-25-24(14-21)28-16-22(32-25)17-30-12-2-3-13-30/h4-11,14-15,22,28H,2-3,12-13,16-17H2,1H3,(H,29,31). The van der Waals surface area contributed by atoms with Gasteiger partial charge in [-0.2, -0.15) is 0 Å². The van der Waals surface area contributed by atoms with Crippen LogP contribution in [0.3, 0.4) is 0 Å². The Morgan fingerprint density at radius 1 is 1.12 bits per heavy atom. The first-order valence-electron chi connectivity index (χ1n) is 11.3. The highest BCUT2D eigenvalue weighted by Gasteiger charge is 2.23. The smallest absolute Gasteiger partial charge is 0.257 e. The van der Waals surface area contributed by atoms with Crippen molar-refractivity contribution in [3.8, 4) is 17.0 Å². The van der Waals surface area contributed by atoms with Crippen molar-refractivity contribution in [1.82, 2.24) is 9.88 Å². The first-order chi connectivity index (χ1) is 15.6. The number of aryl methyl sites for hydroxylation is 1. The number of nitrogens with zero attached hydrogens (tertiary/aromatic N) is 2. The summed E-state index contributed by atoms with van der Waals surface area (Å²) < 4.78 is 6.17. The monoisotopic (exact) mass is 428 g/mol. The maximum Gasteiger partial charge on any atom is 0.257 e. The largest absolute Gasteiger partial charge is 0.485 e. The maximum absolute atomic E-state index is 12.7. The van der Waals surface area contributed by atoms with E-state index in [1.165, 1.54) is 31.5 Å². The average molecular weight is 429 g/mol. The molecule has 1 atom stereocenters. The zero-order valence-corrected chi connectivity index (χ0v) is 18.3. The van der Waals surface area contributed by atoms with Crippen LogP contribution in [-0.4, -0.2) is 48.1 Å². The fourth-order valence-corrected chi connectivity index (χ4v) is 4.28. The zero-order valence-electron chi connectivity index (χ0n) is 18.3. The van der Waals surface area contributed by atoms with E-state index in [-0.39, 0.29) is 12.0 Å². The molecule has 1 amide bonds. The van der Waals surface area contributed by atoms with E-state index in [1.807, 2.05) is 36.4 Å². The Morgan fingerprint density at radius 3 is 2.69 bits per heavy atom. The second kappa shape index (κ2) is 9.01. The lowest BCUT2D eigenvalue weighted by atomic mass is 10.1. The molecule has 6 heteroatoms. The van der Waals surface area contributed by atoms with E-state index < -0.39 is 0 Å². The molecule has 0 saturated carbocycles. The van der Waals surface area contributed by atoms with Gasteiger partial charge in [0, 0.05) is 24.0 Å². The van der Waals surface area contributed by atoms with Crippen LogP contribution < -0.4 is 15.4 Å². The number of ether oxygens (including phenoxy) is 1. The molecule has 1 unspecified atom stereocenters. The van der Waals surface area contributed by atoms with Crippen LogP contribution in [0.1, 0.15) is 28.8 Å². The number of likely N-dealkylation sites (tertiary alicyclic amines) is 1. The van der Waals surface area contributed by atoms with Gasteiger partial charge in [-0.05, 0) is 63.2 Å². The van der Waals surface area contributed by atoms with Crippen LogP contribution in [0.5, 0.6) is 5.75 Å². The predicted molar refractivity (Wildman–Crippen MR) is 127 cm³/mol. The Balaban J connectivity index is 1.22. The molecule has 2 aliphatic heterocycles. The summed E-state index contributed by atoms with van der Waals surface area (Å²) in [4.78, 5) is 19.6. The number of carbonyl (C=O) groups is 1. The fourth-order valence-electron chi connectivity index (χ4n) is 4.28. The molecule has 32 heavy (non-hydrogen) atoms. The second-order valence-electron chi connectivity index (χ2n) is 8.59. The average Bonchev–Trinajstić information content (AvgIpc) is 3.33. The summed E-state index contributed by atoms with van der Waals surface area (Å²) in [5.41, 5.74) is 5.25. The zero-order chi connectivity index (χ0) is 21.9. The van der Waals surface area contributed by atoms with Crippen molar-refractivity contribution in [2.45, 2.75) is 25.9 Å². The summed E-state index contributed by atoms with van der Waals surface area (Å²) in [5, 5.41) is 6.42. The van der Waals surface area contributed by atoms with Crippen LogP contribution in [0, 0.1) is 6.92 Å². The number of hydrogen-bond donors (Lipinski definition) is 2. The molecular formula is C26H28N4O2. The molecule has 1 fully saturated rings. The van der Waals surface area contributed by atoms with Crippen LogP contribution in [0.25, 0.3) is 11.3 Å². The lowest BCUT2D eigenvalue weighted by Crippen LogP contribution is -2.40. The first kappa shape index (κ1) is 20.5. The molecule has 0 radical (unpaired) electrons. The molecule has 2 N–H and O–H groups in total. The Bertz CT molecular complexity index is 1090. The number of pyridine rings is 1. The number of carbonyl (C=O) groups excluding carboxylic acids is 1. The molecule has 5 rings (SSSR count). The van der Waals surface area contributed by atoms with E-state index in [2.05, 4.69) is 39.6 Å². The van der Waals surface area contributed by atoms with Gasteiger partial charge in [0.2, 0.25) is 0 Å². The van der Waals surface area contributed by atoms with Crippen molar-refractivity contribution in [2.75, 3.05) is 36.8 Å². The molecule has 3 heterocycles. The Kier molecular flexibility index (Phi) is 5.77. The van der Waals surface area contributed by atoms with Crippen molar-refractivity contribution in [3.05, 3.63) is 71.9 Å². The topological polar surface area (TPSA) is 66.5 Å². The van der Waals surface area contributed by atoms with Crippen LogP contribution in [0.2, 0.25) is 0 Å². The third kappa shape index (κ3) is 4.60. The number of benzene rings is 2. The number of anilines is 2. The summed E-state index contributed by atoms with van der Waals surface area (Å²) >= 11 is 0. The van der Waals surface area contributed by atoms with Crippen LogP contribution in [0.15, 0.2) is 60.8 Å². The number of nitrogens with one attached hydrogen (secondary N) is 2. The number of hydrogen-bond acceptors (Lipinski definition) is 5. The molecule has 0 aliphatic carbocycles. The van der Waals surface area contributed by atoms with Gasteiger partial charge in [-0.15, -0.1) is 0 Å². The van der Waals surface area contributed by atoms with Crippen molar-refractivity contribution in [1.29, 1.82) is 0 Å². The van der Waals surface area contributed by atoms with E-state index in [4.69, 9.17) is 4.74 Å². The third-order valence-electron chi connectivity index (χ3n) is 6.08. The molecule has 1 aromatic heterocycles. The highest BCUT2D eigenvalue weighted by atomic mass is 16.5. The van der Waals surface area contributed by atoms with E-state index in [0.717, 1.165) is 41.5 Å². The summed E-state index contributed by atoms with van der Waals surface area (Å²) in [6.45, 7) is 6.11. The molecule has 164 valence electrons. The summed E-state index contributed by atoms with van der Waals surface area (Å²) in [5.74, 6) is 0.652. The number of aromatic nitrogens is 1. The Hall–Kier alpha value is -3.38. The molecule has 2 aliphatic rings. The summed E-state index contributed by atoms with van der Waals surface area (Å²) in [6, 6.07) is 17.6. The van der Waals surface area contributed by atoms with Gasteiger partial charge in [0.15, 0.2) is 0 Å². The van der Waals surface area contributed by atoms with Gasteiger partial charge in [-0.3, -0.25) is 14.7 Å². The lowest BCUT2D eigenvalue weighted by Gasteiger charge is -2.30. The predicted octanol–water partition coefficient (Wildman–Crippen LogP) is 4.58. The SMILES string of the molecule is Cc1ccc(-c2ccc(C(=O)Nc3ccc4c(c3)NCC(CN3CCCC3)O4)cn2)cc1.